The largest absolute Gasteiger partial charge is 0.495 e. The second-order valence-corrected chi connectivity index (χ2v) is 9.64. The summed E-state index contributed by atoms with van der Waals surface area (Å²) in [5.74, 6) is -0.111. The van der Waals surface area contributed by atoms with Crippen molar-refractivity contribution in [2.75, 3.05) is 19.1 Å². The van der Waals surface area contributed by atoms with Crippen LogP contribution in [0.2, 0.25) is 0 Å². The molecule has 2 heterocycles. The molecule has 2 aromatic carbocycles. The summed E-state index contributed by atoms with van der Waals surface area (Å²) in [6.07, 6.45) is 0.138. The fraction of sp³-hybridized carbons (Fsp3) is 0.273. The molecule has 1 aliphatic rings. The van der Waals surface area contributed by atoms with Crippen LogP contribution in [0.3, 0.4) is 0 Å². The molecule has 4 rings (SSSR count). The number of rotatable bonds is 7. The van der Waals surface area contributed by atoms with Crippen molar-refractivity contribution in [3.63, 3.8) is 0 Å². The quantitative estimate of drug-likeness (QED) is 0.483. The van der Waals surface area contributed by atoms with E-state index >= 15 is 0 Å². The number of nitrogens with zero attached hydrogens (tertiary/aromatic N) is 4. The van der Waals surface area contributed by atoms with Crippen LogP contribution in [-0.4, -0.2) is 48.8 Å². The molecule has 0 bridgehead atoms. The van der Waals surface area contributed by atoms with E-state index in [-0.39, 0.29) is 41.6 Å². The Labute approximate surface area is 190 Å². The van der Waals surface area contributed by atoms with Crippen LogP contribution in [0.5, 0.6) is 5.75 Å². The Morgan fingerprint density at radius 1 is 1.12 bits per heavy atom. The number of methoxy groups -OCH3 is 1. The first kappa shape index (κ1) is 22.6. The van der Waals surface area contributed by atoms with Gasteiger partial charge in [-0.15, -0.1) is 0 Å². The molecular weight excluding hydrogens is 448 g/mol. The van der Waals surface area contributed by atoms with E-state index in [1.54, 1.807) is 0 Å². The van der Waals surface area contributed by atoms with Gasteiger partial charge in [0.05, 0.1) is 24.2 Å². The van der Waals surface area contributed by atoms with Gasteiger partial charge in [0.25, 0.3) is 0 Å². The first-order chi connectivity index (χ1) is 15.7. The molecule has 1 saturated heterocycles. The van der Waals surface area contributed by atoms with E-state index in [0.29, 0.717) is 5.82 Å². The van der Waals surface area contributed by atoms with Crippen LogP contribution in [-0.2, 0) is 26.2 Å². The summed E-state index contributed by atoms with van der Waals surface area (Å²) in [6, 6.07) is 11.6. The van der Waals surface area contributed by atoms with E-state index < -0.39 is 21.8 Å². The lowest BCUT2D eigenvalue weighted by molar-refractivity contribution is -0.121. The molecule has 2 amide bonds. The molecule has 33 heavy (non-hydrogen) atoms. The topological polar surface area (TPSA) is 123 Å². The first-order valence-electron chi connectivity index (χ1n) is 10.1. The smallest absolute Gasteiger partial charge is 0.243 e. The maximum Gasteiger partial charge on any atom is 0.243 e. The van der Waals surface area contributed by atoms with Crippen LogP contribution in [0.4, 0.5) is 5.69 Å². The molecular formula is C22H22N4O6S. The van der Waals surface area contributed by atoms with Gasteiger partial charge in [0.1, 0.15) is 5.75 Å². The van der Waals surface area contributed by atoms with Gasteiger partial charge in [-0.1, -0.05) is 28.9 Å². The fourth-order valence-corrected chi connectivity index (χ4v) is 4.67. The molecule has 3 aromatic rings. The number of hydrogen-bond donors (Lipinski definition) is 0. The number of aromatic nitrogens is 2. The maximum atomic E-state index is 13.2. The predicted molar refractivity (Wildman–Crippen MR) is 118 cm³/mol. The van der Waals surface area contributed by atoms with Gasteiger partial charge in [-0.2, -0.15) is 9.29 Å². The van der Waals surface area contributed by atoms with E-state index in [9.17, 15) is 18.0 Å². The predicted octanol–water partition coefficient (Wildman–Crippen LogP) is 2.53. The van der Waals surface area contributed by atoms with E-state index in [1.165, 1.54) is 32.4 Å². The molecule has 0 N–H and O–H groups in total. The number of hydrogen-bond acceptors (Lipinski definition) is 8. The molecule has 11 heteroatoms. The summed E-state index contributed by atoms with van der Waals surface area (Å²) >= 11 is 0. The molecule has 0 saturated carbocycles. The van der Waals surface area contributed by atoms with Gasteiger partial charge in [-0.25, -0.2) is 13.3 Å². The van der Waals surface area contributed by atoms with E-state index in [1.807, 2.05) is 31.2 Å². The number of anilines is 1. The first-order valence-corrected chi connectivity index (χ1v) is 11.5. The Bertz CT molecular complexity index is 1320. The van der Waals surface area contributed by atoms with Gasteiger partial charge in [0, 0.05) is 25.5 Å². The normalized spacial score (nSPS) is 14.4. The number of carbonyl (C=O) groups is 2. The zero-order valence-electron chi connectivity index (χ0n) is 18.3. The van der Waals surface area contributed by atoms with Crippen LogP contribution in [0.1, 0.15) is 24.3 Å². The zero-order chi connectivity index (χ0) is 23.8. The molecule has 0 atom stereocenters. The number of carbonyl (C=O) groups excluding carboxylic acids is 2. The van der Waals surface area contributed by atoms with Crippen molar-refractivity contribution in [2.24, 2.45) is 0 Å². The molecule has 0 spiro atoms. The Kier molecular flexibility index (Phi) is 6.00. The second kappa shape index (κ2) is 8.75. The second-order valence-electron chi connectivity index (χ2n) is 7.60. The number of benzene rings is 2. The third-order valence-electron chi connectivity index (χ3n) is 5.25. The van der Waals surface area contributed by atoms with Crippen molar-refractivity contribution >= 4 is 27.5 Å². The highest BCUT2D eigenvalue weighted by Crippen LogP contribution is 2.35. The van der Waals surface area contributed by atoms with Gasteiger partial charge < -0.3 is 9.26 Å². The van der Waals surface area contributed by atoms with Crippen LogP contribution in [0.25, 0.3) is 11.4 Å². The van der Waals surface area contributed by atoms with Crippen molar-refractivity contribution in [1.29, 1.82) is 0 Å². The number of aryl methyl sites for hydroxylation is 1. The van der Waals surface area contributed by atoms with Crippen LogP contribution < -0.4 is 9.64 Å². The van der Waals surface area contributed by atoms with Crippen molar-refractivity contribution in [3.8, 4) is 17.1 Å². The molecule has 0 radical (unpaired) electrons. The highest BCUT2D eigenvalue weighted by Gasteiger charge is 2.34. The molecule has 1 aliphatic heterocycles. The molecule has 172 valence electrons. The highest BCUT2D eigenvalue weighted by atomic mass is 32.2. The average Bonchev–Trinajstić information content (AvgIpc) is 3.39. The summed E-state index contributed by atoms with van der Waals surface area (Å²) in [7, 11) is -1.25. The molecule has 1 fully saturated rings. The van der Waals surface area contributed by atoms with Crippen LogP contribution in [0, 0.1) is 6.92 Å². The molecule has 0 aliphatic carbocycles. The number of imide groups is 1. The summed E-state index contributed by atoms with van der Waals surface area (Å²) in [5, 5.41) is 3.94. The third kappa shape index (κ3) is 4.37. The van der Waals surface area contributed by atoms with Gasteiger partial charge in [0.2, 0.25) is 33.6 Å². The standard InChI is InChI=1S/C22H22N4O6S/c1-14-5-4-6-15(11-14)22-23-19(32-24-22)13-25(2)33(29,30)16-7-8-18(31-3)17(12-16)26-20(27)9-10-21(26)28/h4-8,11-12H,9-10,13H2,1-3H3. The molecule has 10 nitrogen and oxygen atoms in total. The number of ether oxygens (including phenoxy) is 1. The molecule has 1 aromatic heterocycles. The van der Waals surface area contributed by atoms with E-state index in [0.717, 1.165) is 20.3 Å². The summed E-state index contributed by atoms with van der Waals surface area (Å²) < 4.78 is 37.9. The minimum Gasteiger partial charge on any atom is -0.495 e. The van der Waals surface area contributed by atoms with Crippen molar-refractivity contribution < 1.29 is 27.3 Å². The lowest BCUT2D eigenvalue weighted by atomic mass is 10.1. The van der Waals surface area contributed by atoms with E-state index in [2.05, 4.69) is 10.1 Å². The number of sulfonamides is 1. The van der Waals surface area contributed by atoms with Crippen molar-refractivity contribution in [2.45, 2.75) is 31.2 Å². The van der Waals surface area contributed by atoms with Gasteiger partial charge in [0.15, 0.2) is 0 Å². The highest BCUT2D eigenvalue weighted by molar-refractivity contribution is 7.89. The Hall–Kier alpha value is -3.57. The van der Waals surface area contributed by atoms with Crippen LogP contribution >= 0.6 is 0 Å². The Balaban J connectivity index is 1.60. The van der Waals surface area contributed by atoms with E-state index in [4.69, 9.17) is 9.26 Å². The van der Waals surface area contributed by atoms with Gasteiger partial charge in [-0.05, 0) is 31.2 Å². The third-order valence-corrected chi connectivity index (χ3v) is 7.05. The average molecular weight is 471 g/mol. The Morgan fingerprint density at radius 2 is 1.85 bits per heavy atom. The van der Waals surface area contributed by atoms with Crippen LogP contribution in [0.15, 0.2) is 51.9 Å². The maximum absolute atomic E-state index is 13.2. The zero-order valence-corrected chi connectivity index (χ0v) is 19.1. The summed E-state index contributed by atoms with van der Waals surface area (Å²) in [5.41, 5.74) is 1.89. The minimum atomic E-state index is -4.01. The van der Waals surface area contributed by atoms with Crippen molar-refractivity contribution in [3.05, 3.63) is 53.9 Å². The summed E-state index contributed by atoms with van der Waals surface area (Å²) in [4.78, 5) is 29.5. The fourth-order valence-electron chi connectivity index (χ4n) is 3.53. The minimum absolute atomic E-state index is 0.0688. The SMILES string of the molecule is COc1ccc(S(=O)(=O)N(C)Cc2nc(-c3cccc(C)c3)no2)cc1N1C(=O)CCC1=O. The van der Waals surface area contributed by atoms with Gasteiger partial charge in [-0.3, -0.25) is 9.59 Å². The monoisotopic (exact) mass is 470 g/mol. The number of amides is 2. The Morgan fingerprint density at radius 3 is 2.52 bits per heavy atom. The van der Waals surface area contributed by atoms with Crippen molar-refractivity contribution in [1.82, 2.24) is 14.4 Å². The molecule has 0 unspecified atom stereocenters. The lowest BCUT2D eigenvalue weighted by Gasteiger charge is -2.20. The lowest BCUT2D eigenvalue weighted by Crippen LogP contribution is -2.30. The van der Waals surface area contributed by atoms with Gasteiger partial charge >= 0.3 is 0 Å². The summed E-state index contributed by atoms with van der Waals surface area (Å²) in [6.45, 7) is 1.78.